The van der Waals surface area contributed by atoms with Crippen molar-refractivity contribution in [3.8, 4) is 28.1 Å². The van der Waals surface area contributed by atoms with Crippen molar-refractivity contribution in [2.75, 3.05) is 26.1 Å². The van der Waals surface area contributed by atoms with Gasteiger partial charge in [0.15, 0.2) is 0 Å². The van der Waals surface area contributed by atoms with E-state index in [-0.39, 0.29) is 0 Å². The molecule has 4 heteroatoms. The number of hydrogen-bond donors (Lipinski definition) is 1. The molecule has 1 N–H and O–H groups in total. The first-order chi connectivity index (χ1) is 13.0. The lowest BCUT2D eigenvalue weighted by molar-refractivity contribution is 0.415. The van der Waals surface area contributed by atoms with Crippen LogP contribution in [0.15, 0.2) is 60.7 Å². The topological polar surface area (TPSA) is 41.2 Å². The van der Waals surface area contributed by atoms with Gasteiger partial charge in [0, 0.05) is 43.3 Å². The van der Waals surface area contributed by atoms with Gasteiger partial charge in [-0.3, -0.25) is 0 Å². The Bertz CT molecular complexity index is 1170. The Morgan fingerprint density at radius 1 is 0.963 bits per heavy atom. The standard InChI is InChI=1S/C23H23N3O/c1-25(2)17-9-11-20-22(14-17)26(3)21-13-16(24)8-10-19(21)23(20)15-6-5-7-18(12-15)27-4/h5-14,24H,1-4H3. The first-order valence-electron chi connectivity index (χ1n) is 8.92. The molecule has 0 aromatic heterocycles. The molecule has 2 aromatic carbocycles. The van der Waals surface area contributed by atoms with Gasteiger partial charge in [-0.15, -0.1) is 0 Å². The zero-order chi connectivity index (χ0) is 19.1. The average Bonchev–Trinajstić information content (AvgIpc) is 2.68. The van der Waals surface area contributed by atoms with Crippen LogP contribution in [0.2, 0.25) is 0 Å². The van der Waals surface area contributed by atoms with Crippen molar-refractivity contribution < 1.29 is 4.74 Å². The van der Waals surface area contributed by atoms with E-state index in [4.69, 9.17) is 10.1 Å². The van der Waals surface area contributed by atoms with Crippen molar-refractivity contribution in [1.29, 1.82) is 5.41 Å². The highest BCUT2D eigenvalue weighted by atomic mass is 16.5. The van der Waals surface area contributed by atoms with Gasteiger partial charge in [-0.25, -0.2) is 0 Å². The third-order valence-corrected chi connectivity index (χ3v) is 5.12. The predicted octanol–water partition coefficient (Wildman–Crippen LogP) is 4.50. The number of methoxy groups -OCH3 is 1. The minimum absolute atomic E-state index is 0.512. The van der Waals surface area contributed by atoms with E-state index in [9.17, 15) is 0 Å². The maximum Gasteiger partial charge on any atom is 0.119 e. The fourth-order valence-corrected chi connectivity index (χ4v) is 3.67. The van der Waals surface area contributed by atoms with Gasteiger partial charge in [-0.2, -0.15) is 0 Å². The lowest BCUT2D eigenvalue weighted by Gasteiger charge is -2.23. The summed E-state index contributed by atoms with van der Waals surface area (Å²) in [6.07, 6.45) is 0. The van der Waals surface area contributed by atoms with Gasteiger partial charge < -0.3 is 19.6 Å². The second kappa shape index (κ2) is 6.47. The number of ether oxygens (including phenoxy) is 1. The molecule has 4 rings (SSSR count). The van der Waals surface area contributed by atoms with Gasteiger partial charge in [0.1, 0.15) is 5.75 Å². The van der Waals surface area contributed by atoms with E-state index in [0.717, 1.165) is 33.8 Å². The van der Waals surface area contributed by atoms with E-state index in [2.05, 4.69) is 46.8 Å². The highest BCUT2D eigenvalue weighted by Gasteiger charge is 2.18. The van der Waals surface area contributed by atoms with Crippen molar-refractivity contribution in [3.63, 3.8) is 0 Å². The Labute approximate surface area is 159 Å². The number of rotatable bonds is 3. The summed E-state index contributed by atoms with van der Waals surface area (Å²) in [4.78, 5) is 2.11. The van der Waals surface area contributed by atoms with Crippen LogP contribution in [-0.2, 0) is 7.05 Å². The molecule has 0 amide bonds. The number of nitrogens with one attached hydrogen (secondary N) is 1. The Balaban J connectivity index is 2.17. The molecule has 1 heterocycles. The SMILES string of the molecule is COc1cccc(-c2c3ccc(=N)cc-3n(C)c3cc(N(C)C)ccc23)c1. The zero-order valence-electron chi connectivity index (χ0n) is 16.1. The van der Waals surface area contributed by atoms with Crippen LogP contribution in [0.5, 0.6) is 5.75 Å². The first kappa shape index (κ1) is 17.2. The second-order valence-corrected chi connectivity index (χ2v) is 6.99. The molecule has 0 unspecified atom stereocenters. The number of nitrogens with zero attached hydrogens (tertiary/aromatic N) is 2. The molecule has 2 aromatic rings. The van der Waals surface area contributed by atoms with E-state index in [1.807, 2.05) is 44.4 Å². The molecule has 1 aliphatic heterocycles. The average molecular weight is 357 g/mol. The van der Waals surface area contributed by atoms with Crippen LogP contribution < -0.4 is 15.0 Å². The third kappa shape index (κ3) is 2.83. The van der Waals surface area contributed by atoms with Crippen molar-refractivity contribution >= 4 is 16.6 Å². The van der Waals surface area contributed by atoms with Crippen LogP contribution >= 0.6 is 0 Å². The van der Waals surface area contributed by atoms with Crippen LogP contribution in [-0.4, -0.2) is 25.8 Å². The molecular formula is C23H23N3O. The fourth-order valence-electron chi connectivity index (χ4n) is 3.67. The number of fused-ring (bicyclic) bond motifs is 2. The number of anilines is 1. The molecule has 4 nitrogen and oxygen atoms in total. The van der Waals surface area contributed by atoms with Crippen molar-refractivity contribution in [1.82, 2.24) is 4.57 Å². The van der Waals surface area contributed by atoms with E-state index in [0.29, 0.717) is 5.36 Å². The Morgan fingerprint density at radius 3 is 2.52 bits per heavy atom. The summed E-state index contributed by atoms with van der Waals surface area (Å²) >= 11 is 0. The van der Waals surface area contributed by atoms with E-state index in [1.165, 1.54) is 10.9 Å². The molecule has 2 aliphatic rings. The number of benzene rings is 3. The van der Waals surface area contributed by atoms with Gasteiger partial charge in [0.25, 0.3) is 0 Å². The van der Waals surface area contributed by atoms with Crippen LogP contribution in [0.1, 0.15) is 0 Å². The van der Waals surface area contributed by atoms with Gasteiger partial charge >= 0.3 is 0 Å². The first-order valence-corrected chi connectivity index (χ1v) is 8.92. The Morgan fingerprint density at radius 2 is 1.78 bits per heavy atom. The maximum absolute atomic E-state index is 8.09. The molecule has 0 radical (unpaired) electrons. The summed E-state index contributed by atoms with van der Waals surface area (Å²) in [6.45, 7) is 0. The lowest BCUT2D eigenvalue weighted by Crippen LogP contribution is -2.11. The smallest absolute Gasteiger partial charge is 0.119 e. The summed E-state index contributed by atoms with van der Waals surface area (Å²) < 4.78 is 7.63. The third-order valence-electron chi connectivity index (χ3n) is 5.12. The van der Waals surface area contributed by atoms with E-state index in [1.54, 1.807) is 7.11 Å². The lowest BCUT2D eigenvalue weighted by atomic mass is 9.91. The monoisotopic (exact) mass is 357 g/mol. The molecule has 0 spiro atoms. The summed E-state index contributed by atoms with van der Waals surface area (Å²) in [5.41, 5.74) is 6.74. The molecule has 0 saturated carbocycles. The number of pyridine rings is 1. The minimum Gasteiger partial charge on any atom is -0.497 e. The summed E-state index contributed by atoms with van der Waals surface area (Å²) in [5, 5.41) is 9.78. The van der Waals surface area contributed by atoms with Crippen LogP contribution in [0.4, 0.5) is 5.69 Å². The largest absolute Gasteiger partial charge is 0.497 e. The summed E-state index contributed by atoms with van der Waals surface area (Å²) in [5.74, 6) is 0.837. The van der Waals surface area contributed by atoms with Crippen molar-refractivity contribution in [3.05, 3.63) is 66.0 Å². The van der Waals surface area contributed by atoms with Gasteiger partial charge in [0.05, 0.1) is 23.7 Å². The highest BCUT2D eigenvalue weighted by Crippen LogP contribution is 2.41. The van der Waals surface area contributed by atoms with Gasteiger partial charge in [0.2, 0.25) is 0 Å². The van der Waals surface area contributed by atoms with Crippen LogP contribution in [0.3, 0.4) is 0 Å². The Kier molecular flexibility index (Phi) is 4.11. The zero-order valence-corrected chi connectivity index (χ0v) is 16.1. The molecule has 27 heavy (non-hydrogen) atoms. The summed E-state index contributed by atoms with van der Waals surface area (Å²) in [6, 6.07) is 20.5. The van der Waals surface area contributed by atoms with Gasteiger partial charge in [-0.1, -0.05) is 24.3 Å². The highest BCUT2D eigenvalue weighted by molar-refractivity contribution is 6.04. The van der Waals surface area contributed by atoms with Crippen molar-refractivity contribution in [2.45, 2.75) is 0 Å². The normalized spacial score (nSPS) is 11.1. The fraction of sp³-hybridized carbons (Fsp3) is 0.174. The molecule has 0 bridgehead atoms. The van der Waals surface area contributed by atoms with Crippen LogP contribution in [0.25, 0.3) is 33.3 Å². The number of hydrogen-bond acceptors (Lipinski definition) is 3. The quantitative estimate of drug-likeness (QED) is 0.548. The molecule has 0 fully saturated rings. The predicted molar refractivity (Wildman–Crippen MR) is 112 cm³/mol. The van der Waals surface area contributed by atoms with E-state index >= 15 is 0 Å². The van der Waals surface area contributed by atoms with E-state index < -0.39 is 0 Å². The molecule has 1 aliphatic carbocycles. The number of aryl methyl sites for hydroxylation is 1. The molecule has 136 valence electrons. The Hall–Kier alpha value is -3.27. The minimum atomic E-state index is 0.512. The maximum atomic E-state index is 8.09. The second-order valence-electron chi connectivity index (χ2n) is 6.99. The molecule has 0 saturated heterocycles. The number of aromatic nitrogens is 1. The molecule has 0 atom stereocenters. The van der Waals surface area contributed by atoms with Crippen molar-refractivity contribution in [2.24, 2.45) is 7.05 Å². The summed E-state index contributed by atoms with van der Waals surface area (Å²) in [7, 11) is 7.86. The van der Waals surface area contributed by atoms with Gasteiger partial charge in [-0.05, 0) is 42.0 Å². The molecular weight excluding hydrogens is 334 g/mol. The van der Waals surface area contributed by atoms with Crippen LogP contribution in [0, 0.1) is 5.41 Å².